The van der Waals surface area contributed by atoms with Crippen LogP contribution in [0, 0.1) is 5.92 Å². The number of phenolic OH excluding ortho intramolecular Hbond substituents is 1. The Morgan fingerprint density at radius 3 is 2.21 bits per heavy atom. The van der Waals surface area contributed by atoms with Crippen molar-refractivity contribution in [3.8, 4) is 5.75 Å². The molecule has 2 aliphatic heterocycles. The molecule has 24 heavy (non-hydrogen) atoms. The smallest absolute Gasteiger partial charge is 0.253 e. The summed E-state index contributed by atoms with van der Waals surface area (Å²) in [6.45, 7) is 8.65. The van der Waals surface area contributed by atoms with E-state index in [1.165, 1.54) is 0 Å². The number of hydrogen-bond acceptors (Lipinski definition) is 4. The number of amides is 1. The second-order valence-corrected chi connectivity index (χ2v) is 7.26. The molecule has 0 radical (unpaired) electrons. The van der Waals surface area contributed by atoms with Crippen LogP contribution in [0.1, 0.15) is 30.1 Å². The van der Waals surface area contributed by atoms with Gasteiger partial charge >= 0.3 is 0 Å². The Kier molecular flexibility index (Phi) is 5.41. The van der Waals surface area contributed by atoms with Crippen molar-refractivity contribution in [1.82, 2.24) is 14.7 Å². The van der Waals surface area contributed by atoms with Gasteiger partial charge in [-0.15, -0.1) is 0 Å². The average molecular weight is 331 g/mol. The number of likely N-dealkylation sites (N-methyl/N-ethyl adjacent to an activating group) is 1. The summed E-state index contributed by atoms with van der Waals surface area (Å²) in [5, 5.41) is 9.35. The SMILES string of the molecule is C[C@@H](C1CCN(C(=O)c2ccc(O)cc2)CC1)N1CCN(C)CC1. The molecule has 1 aromatic rings. The van der Waals surface area contributed by atoms with Crippen LogP contribution in [-0.4, -0.2) is 78.1 Å². The van der Waals surface area contributed by atoms with Gasteiger partial charge in [0.05, 0.1) is 0 Å². The van der Waals surface area contributed by atoms with Crippen molar-refractivity contribution in [2.45, 2.75) is 25.8 Å². The highest BCUT2D eigenvalue weighted by Gasteiger charge is 2.30. The maximum absolute atomic E-state index is 12.6. The molecule has 0 saturated carbocycles. The van der Waals surface area contributed by atoms with Crippen LogP contribution in [-0.2, 0) is 0 Å². The normalized spacial score (nSPS) is 22.5. The van der Waals surface area contributed by atoms with E-state index < -0.39 is 0 Å². The van der Waals surface area contributed by atoms with E-state index in [1.807, 2.05) is 4.90 Å². The molecule has 132 valence electrons. The molecule has 2 aliphatic rings. The number of piperidine rings is 1. The second-order valence-electron chi connectivity index (χ2n) is 7.26. The molecule has 0 bridgehead atoms. The molecular formula is C19H29N3O2. The number of aromatic hydroxyl groups is 1. The van der Waals surface area contributed by atoms with Gasteiger partial charge in [0.25, 0.3) is 5.91 Å². The molecule has 2 saturated heterocycles. The van der Waals surface area contributed by atoms with E-state index in [1.54, 1.807) is 24.3 Å². The number of phenols is 1. The summed E-state index contributed by atoms with van der Waals surface area (Å²) in [5.41, 5.74) is 0.665. The molecule has 2 fully saturated rings. The van der Waals surface area contributed by atoms with Crippen LogP contribution in [0.3, 0.4) is 0 Å². The van der Waals surface area contributed by atoms with Gasteiger partial charge in [0.2, 0.25) is 0 Å². The lowest BCUT2D eigenvalue weighted by Crippen LogP contribution is -2.52. The molecule has 3 rings (SSSR count). The summed E-state index contributed by atoms with van der Waals surface area (Å²) in [6.07, 6.45) is 2.16. The van der Waals surface area contributed by atoms with E-state index in [0.29, 0.717) is 17.5 Å². The minimum absolute atomic E-state index is 0.0840. The zero-order valence-electron chi connectivity index (χ0n) is 14.8. The van der Waals surface area contributed by atoms with Gasteiger partial charge in [0.1, 0.15) is 5.75 Å². The molecule has 0 aromatic heterocycles. The highest BCUT2D eigenvalue weighted by atomic mass is 16.3. The van der Waals surface area contributed by atoms with Crippen LogP contribution in [0.2, 0.25) is 0 Å². The maximum Gasteiger partial charge on any atom is 0.253 e. The lowest BCUT2D eigenvalue weighted by atomic mass is 9.88. The Morgan fingerprint density at radius 2 is 1.62 bits per heavy atom. The molecule has 1 aromatic carbocycles. The zero-order valence-corrected chi connectivity index (χ0v) is 14.8. The Labute approximate surface area is 144 Å². The second kappa shape index (κ2) is 7.53. The molecule has 5 nitrogen and oxygen atoms in total. The molecule has 0 aliphatic carbocycles. The first kappa shape index (κ1) is 17.2. The number of carbonyl (C=O) groups is 1. The Morgan fingerprint density at radius 1 is 1.04 bits per heavy atom. The maximum atomic E-state index is 12.6. The van der Waals surface area contributed by atoms with Crippen LogP contribution in [0.5, 0.6) is 5.75 Å². The fraction of sp³-hybridized carbons (Fsp3) is 0.632. The van der Waals surface area contributed by atoms with E-state index in [-0.39, 0.29) is 11.7 Å². The number of benzene rings is 1. The lowest BCUT2D eigenvalue weighted by molar-refractivity contribution is 0.0500. The topological polar surface area (TPSA) is 47.0 Å². The number of carbonyl (C=O) groups excluding carboxylic acids is 1. The average Bonchev–Trinajstić information content (AvgIpc) is 2.62. The summed E-state index contributed by atoms with van der Waals surface area (Å²) in [5.74, 6) is 0.962. The quantitative estimate of drug-likeness (QED) is 0.919. The van der Waals surface area contributed by atoms with Crippen molar-refractivity contribution >= 4 is 5.91 Å². The Hall–Kier alpha value is -1.59. The van der Waals surface area contributed by atoms with Crippen molar-refractivity contribution in [2.24, 2.45) is 5.92 Å². The van der Waals surface area contributed by atoms with Crippen LogP contribution < -0.4 is 0 Å². The third-order valence-electron chi connectivity index (χ3n) is 5.74. The first-order valence-electron chi connectivity index (χ1n) is 9.05. The van der Waals surface area contributed by atoms with Crippen molar-refractivity contribution in [3.05, 3.63) is 29.8 Å². The largest absolute Gasteiger partial charge is 0.508 e. The Bertz CT molecular complexity index is 544. The van der Waals surface area contributed by atoms with Gasteiger partial charge in [0.15, 0.2) is 0 Å². The first-order chi connectivity index (χ1) is 11.5. The monoisotopic (exact) mass is 331 g/mol. The molecule has 1 N–H and O–H groups in total. The van der Waals surface area contributed by atoms with Gasteiger partial charge in [-0.2, -0.15) is 0 Å². The summed E-state index contributed by atoms with van der Waals surface area (Å²) < 4.78 is 0. The van der Waals surface area contributed by atoms with E-state index in [0.717, 1.165) is 52.1 Å². The zero-order chi connectivity index (χ0) is 17.1. The van der Waals surface area contributed by atoms with Crippen molar-refractivity contribution < 1.29 is 9.90 Å². The van der Waals surface area contributed by atoms with Gasteiger partial charge in [-0.1, -0.05) is 0 Å². The lowest BCUT2D eigenvalue weighted by Gasteiger charge is -2.42. The third-order valence-corrected chi connectivity index (χ3v) is 5.74. The van der Waals surface area contributed by atoms with Crippen molar-refractivity contribution in [3.63, 3.8) is 0 Å². The molecule has 0 spiro atoms. The third kappa shape index (κ3) is 3.90. The van der Waals surface area contributed by atoms with Gasteiger partial charge < -0.3 is 14.9 Å². The molecule has 0 unspecified atom stereocenters. The van der Waals surface area contributed by atoms with Crippen LogP contribution >= 0.6 is 0 Å². The summed E-state index contributed by atoms with van der Waals surface area (Å²) in [6, 6.07) is 7.17. The summed E-state index contributed by atoms with van der Waals surface area (Å²) >= 11 is 0. The van der Waals surface area contributed by atoms with Crippen molar-refractivity contribution in [2.75, 3.05) is 46.3 Å². The molecule has 5 heteroatoms. The first-order valence-corrected chi connectivity index (χ1v) is 9.05. The van der Waals surface area contributed by atoms with Crippen LogP contribution in [0.4, 0.5) is 0 Å². The Balaban J connectivity index is 1.51. The fourth-order valence-electron chi connectivity index (χ4n) is 3.90. The number of likely N-dealkylation sites (tertiary alicyclic amines) is 1. The van der Waals surface area contributed by atoms with E-state index in [2.05, 4.69) is 23.8 Å². The van der Waals surface area contributed by atoms with Gasteiger partial charge in [-0.05, 0) is 57.0 Å². The van der Waals surface area contributed by atoms with Gasteiger partial charge in [-0.3, -0.25) is 9.69 Å². The summed E-state index contributed by atoms with van der Waals surface area (Å²) in [7, 11) is 2.19. The predicted molar refractivity (Wildman–Crippen MR) is 95.3 cm³/mol. The highest BCUT2D eigenvalue weighted by Crippen LogP contribution is 2.26. The minimum atomic E-state index is 0.0840. The molecule has 1 amide bonds. The van der Waals surface area contributed by atoms with Crippen LogP contribution in [0.25, 0.3) is 0 Å². The fourth-order valence-corrected chi connectivity index (χ4v) is 3.90. The number of rotatable bonds is 3. The molecule has 1 atom stereocenters. The predicted octanol–water partition coefficient (Wildman–Crippen LogP) is 1.88. The molecular weight excluding hydrogens is 302 g/mol. The standard InChI is InChI=1S/C19H29N3O2/c1-15(21-13-11-20(2)12-14-21)16-7-9-22(10-8-16)19(24)17-3-5-18(23)6-4-17/h3-6,15-16,23H,7-14H2,1-2H3/t15-/m0/s1. The van der Waals surface area contributed by atoms with E-state index in [9.17, 15) is 9.90 Å². The number of piperazine rings is 1. The van der Waals surface area contributed by atoms with E-state index in [4.69, 9.17) is 0 Å². The summed E-state index contributed by atoms with van der Waals surface area (Å²) in [4.78, 5) is 19.5. The highest BCUT2D eigenvalue weighted by molar-refractivity contribution is 5.94. The van der Waals surface area contributed by atoms with Crippen molar-refractivity contribution in [1.29, 1.82) is 0 Å². The number of hydrogen-bond donors (Lipinski definition) is 1. The van der Waals surface area contributed by atoms with Gasteiger partial charge in [0, 0.05) is 50.9 Å². The van der Waals surface area contributed by atoms with Crippen LogP contribution in [0.15, 0.2) is 24.3 Å². The minimum Gasteiger partial charge on any atom is -0.508 e. The van der Waals surface area contributed by atoms with Gasteiger partial charge in [-0.25, -0.2) is 0 Å². The number of nitrogens with zero attached hydrogens (tertiary/aromatic N) is 3. The van der Waals surface area contributed by atoms with E-state index >= 15 is 0 Å². The molecule has 2 heterocycles.